The summed E-state index contributed by atoms with van der Waals surface area (Å²) in [7, 11) is 2.09. The van der Waals surface area contributed by atoms with Gasteiger partial charge in [0, 0.05) is 66.2 Å². The molecule has 0 radical (unpaired) electrons. The molecule has 1 aliphatic rings. The standard InChI is InChI=1S/C28H30ClN7O/c1-4-36-26-21(16-32-28(34-26)31-10-7-19-8-11-35(3)12-9-19)13-23(27(36)37)22-6-5-20(14-24(22)29)25-17-30-15-18(2)33-25/h5-6,8,11,13-17,19H,4,7,9-10,12H2,1-3H3,(H,31,32,34)/t19-/m1/s1. The van der Waals surface area contributed by atoms with E-state index in [4.69, 9.17) is 11.6 Å². The van der Waals surface area contributed by atoms with E-state index >= 15 is 0 Å². The van der Waals surface area contributed by atoms with Crippen molar-refractivity contribution < 1.29 is 0 Å². The van der Waals surface area contributed by atoms with Crippen molar-refractivity contribution in [2.45, 2.75) is 33.2 Å². The number of rotatable bonds is 7. The highest BCUT2D eigenvalue weighted by Gasteiger charge is 2.16. The molecule has 0 amide bonds. The van der Waals surface area contributed by atoms with E-state index in [1.807, 2.05) is 38.1 Å². The van der Waals surface area contributed by atoms with Gasteiger partial charge in [-0.3, -0.25) is 14.3 Å². The van der Waals surface area contributed by atoms with Gasteiger partial charge in [-0.05, 0) is 50.9 Å². The third-order valence-corrected chi connectivity index (χ3v) is 7.03. The van der Waals surface area contributed by atoms with Gasteiger partial charge in [0.1, 0.15) is 5.65 Å². The molecular formula is C28H30ClN7O. The minimum atomic E-state index is -0.138. The Hall–Kier alpha value is -3.78. The lowest BCUT2D eigenvalue weighted by atomic mass is 9.99. The number of benzene rings is 1. The lowest BCUT2D eigenvalue weighted by molar-refractivity contribution is 0.370. The van der Waals surface area contributed by atoms with Crippen LogP contribution in [0.15, 0.2) is 59.9 Å². The number of fused-ring (bicyclic) bond motifs is 1. The van der Waals surface area contributed by atoms with Gasteiger partial charge in [0.2, 0.25) is 5.95 Å². The molecule has 0 unspecified atom stereocenters. The van der Waals surface area contributed by atoms with Gasteiger partial charge in [-0.2, -0.15) is 4.98 Å². The van der Waals surface area contributed by atoms with Gasteiger partial charge >= 0.3 is 0 Å². The van der Waals surface area contributed by atoms with Gasteiger partial charge in [0.25, 0.3) is 5.56 Å². The van der Waals surface area contributed by atoms with Gasteiger partial charge in [-0.1, -0.05) is 29.8 Å². The van der Waals surface area contributed by atoms with E-state index < -0.39 is 0 Å². The summed E-state index contributed by atoms with van der Waals surface area (Å²) in [6.07, 6.45) is 11.7. The number of nitrogens with one attached hydrogen (secondary N) is 1. The second-order valence-electron chi connectivity index (χ2n) is 9.41. The molecule has 4 aromatic rings. The summed E-state index contributed by atoms with van der Waals surface area (Å²) < 4.78 is 1.67. The highest BCUT2D eigenvalue weighted by atomic mass is 35.5. The highest BCUT2D eigenvalue weighted by molar-refractivity contribution is 6.33. The van der Waals surface area contributed by atoms with Crippen LogP contribution in [0.4, 0.5) is 5.95 Å². The number of halogens is 1. The third-order valence-electron chi connectivity index (χ3n) is 6.72. The van der Waals surface area contributed by atoms with E-state index in [1.54, 1.807) is 23.2 Å². The lowest BCUT2D eigenvalue weighted by Crippen LogP contribution is -2.23. The first-order chi connectivity index (χ1) is 17.9. The zero-order valence-corrected chi connectivity index (χ0v) is 22.0. The van der Waals surface area contributed by atoms with Crippen LogP contribution in [0.1, 0.15) is 25.5 Å². The van der Waals surface area contributed by atoms with Crippen LogP contribution in [-0.4, -0.2) is 49.5 Å². The molecule has 190 valence electrons. The summed E-state index contributed by atoms with van der Waals surface area (Å²) in [5.41, 5.74) is 4.05. The van der Waals surface area contributed by atoms with Crippen LogP contribution < -0.4 is 10.9 Å². The van der Waals surface area contributed by atoms with Gasteiger partial charge in [0.05, 0.1) is 17.6 Å². The summed E-state index contributed by atoms with van der Waals surface area (Å²) in [5, 5.41) is 4.59. The van der Waals surface area contributed by atoms with E-state index in [0.717, 1.165) is 48.3 Å². The molecule has 0 spiro atoms. The number of allylic oxidation sites excluding steroid dienone is 1. The Balaban J connectivity index is 1.42. The molecule has 5 rings (SSSR count). The molecule has 37 heavy (non-hydrogen) atoms. The van der Waals surface area contributed by atoms with Crippen molar-refractivity contribution in [1.82, 2.24) is 29.4 Å². The molecule has 8 nitrogen and oxygen atoms in total. The summed E-state index contributed by atoms with van der Waals surface area (Å²) >= 11 is 6.68. The number of aryl methyl sites for hydroxylation is 2. The molecule has 1 aliphatic heterocycles. The average Bonchev–Trinajstić information content (AvgIpc) is 2.90. The summed E-state index contributed by atoms with van der Waals surface area (Å²) in [5.74, 6) is 1.08. The van der Waals surface area contributed by atoms with Gasteiger partial charge < -0.3 is 10.2 Å². The molecule has 1 N–H and O–H groups in total. The van der Waals surface area contributed by atoms with Crippen molar-refractivity contribution in [3.8, 4) is 22.4 Å². The fourth-order valence-corrected chi connectivity index (χ4v) is 4.93. The fourth-order valence-electron chi connectivity index (χ4n) is 4.64. The fraction of sp³-hybridized carbons (Fsp3) is 0.321. The number of nitrogens with zero attached hydrogens (tertiary/aromatic N) is 6. The maximum Gasteiger partial charge on any atom is 0.260 e. The number of hydrogen-bond acceptors (Lipinski definition) is 7. The van der Waals surface area contributed by atoms with Crippen molar-refractivity contribution in [2.75, 3.05) is 25.5 Å². The molecule has 0 saturated carbocycles. The molecular weight excluding hydrogens is 486 g/mol. The summed E-state index contributed by atoms with van der Waals surface area (Å²) in [4.78, 5) is 33.6. The monoisotopic (exact) mass is 515 g/mol. The first kappa shape index (κ1) is 24.9. The minimum absolute atomic E-state index is 0.138. The van der Waals surface area contributed by atoms with Crippen molar-refractivity contribution in [3.05, 3.63) is 76.2 Å². The minimum Gasteiger partial charge on any atom is -0.381 e. The second-order valence-corrected chi connectivity index (χ2v) is 9.81. The smallest absolute Gasteiger partial charge is 0.260 e. The predicted molar refractivity (Wildman–Crippen MR) is 149 cm³/mol. The second kappa shape index (κ2) is 10.7. The van der Waals surface area contributed by atoms with Crippen LogP contribution in [0.25, 0.3) is 33.4 Å². The van der Waals surface area contributed by atoms with Gasteiger partial charge in [-0.15, -0.1) is 0 Å². The maximum absolute atomic E-state index is 13.5. The summed E-state index contributed by atoms with van der Waals surface area (Å²) in [6, 6.07) is 7.42. The first-order valence-electron chi connectivity index (χ1n) is 12.5. The molecule has 1 aromatic carbocycles. The zero-order chi connectivity index (χ0) is 25.9. The number of anilines is 1. The van der Waals surface area contributed by atoms with Gasteiger partial charge in [0.15, 0.2) is 0 Å². The van der Waals surface area contributed by atoms with Crippen molar-refractivity contribution in [3.63, 3.8) is 0 Å². The number of hydrogen-bond donors (Lipinski definition) is 1. The average molecular weight is 516 g/mol. The quantitative estimate of drug-likeness (QED) is 0.363. The van der Waals surface area contributed by atoms with Crippen LogP contribution in [0.5, 0.6) is 0 Å². The Morgan fingerprint density at radius 3 is 2.73 bits per heavy atom. The molecule has 0 aliphatic carbocycles. The van der Waals surface area contributed by atoms with E-state index in [2.05, 4.69) is 49.5 Å². The van der Waals surface area contributed by atoms with Crippen LogP contribution in [0.3, 0.4) is 0 Å². The SMILES string of the molecule is CCn1c(=O)c(-c2ccc(-c3cncc(C)n3)cc2Cl)cc2cnc(NCC[C@@H]3C=CN(C)CC3)nc21. The predicted octanol–water partition coefficient (Wildman–Crippen LogP) is 5.16. The van der Waals surface area contributed by atoms with Crippen molar-refractivity contribution in [1.29, 1.82) is 0 Å². The molecule has 0 bridgehead atoms. The first-order valence-corrected chi connectivity index (χ1v) is 12.9. The Bertz CT molecular complexity index is 1530. The van der Waals surface area contributed by atoms with Crippen LogP contribution in [-0.2, 0) is 6.54 Å². The molecule has 3 aromatic heterocycles. The highest BCUT2D eigenvalue weighted by Crippen LogP contribution is 2.31. The Morgan fingerprint density at radius 2 is 2.00 bits per heavy atom. The Labute approximate surface area is 221 Å². The lowest BCUT2D eigenvalue weighted by Gasteiger charge is -2.24. The largest absolute Gasteiger partial charge is 0.381 e. The number of pyridine rings is 1. The van der Waals surface area contributed by atoms with E-state index in [9.17, 15) is 4.79 Å². The molecule has 0 fully saturated rings. The Morgan fingerprint density at radius 1 is 1.14 bits per heavy atom. The van der Waals surface area contributed by atoms with Gasteiger partial charge in [-0.25, -0.2) is 9.97 Å². The van der Waals surface area contributed by atoms with Crippen molar-refractivity contribution in [2.24, 2.45) is 5.92 Å². The Kier molecular flexibility index (Phi) is 7.19. The molecule has 0 saturated heterocycles. The van der Waals surface area contributed by atoms with E-state index in [-0.39, 0.29) is 5.56 Å². The number of aromatic nitrogens is 5. The van der Waals surface area contributed by atoms with Crippen LogP contribution in [0.2, 0.25) is 5.02 Å². The molecule has 9 heteroatoms. The molecule has 4 heterocycles. The van der Waals surface area contributed by atoms with E-state index in [0.29, 0.717) is 40.2 Å². The third kappa shape index (κ3) is 5.34. The normalized spacial score (nSPS) is 15.4. The van der Waals surface area contributed by atoms with E-state index in [1.165, 1.54) is 0 Å². The topological polar surface area (TPSA) is 88.8 Å². The van der Waals surface area contributed by atoms with Crippen LogP contribution in [0, 0.1) is 12.8 Å². The summed E-state index contributed by atoms with van der Waals surface area (Å²) in [6.45, 7) is 6.16. The zero-order valence-electron chi connectivity index (χ0n) is 21.3. The van der Waals surface area contributed by atoms with Crippen LogP contribution >= 0.6 is 11.6 Å². The molecule has 1 atom stereocenters. The van der Waals surface area contributed by atoms with Crippen molar-refractivity contribution >= 4 is 28.6 Å². The maximum atomic E-state index is 13.5.